The summed E-state index contributed by atoms with van der Waals surface area (Å²) in [6, 6.07) is 17.5. The van der Waals surface area contributed by atoms with Gasteiger partial charge in [-0.15, -0.1) is 0 Å². The van der Waals surface area contributed by atoms with Crippen LogP contribution in [-0.2, 0) is 20.1 Å². The van der Waals surface area contributed by atoms with Gasteiger partial charge < -0.3 is 9.84 Å². The summed E-state index contributed by atoms with van der Waals surface area (Å²) in [5.74, 6) is 0.623. The molecule has 160 valence electrons. The van der Waals surface area contributed by atoms with Gasteiger partial charge in [0.15, 0.2) is 11.2 Å². The van der Waals surface area contributed by atoms with Gasteiger partial charge in [-0.25, -0.2) is 4.79 Å². The van der Waals surface area contributed by atoms with Crippen molar-refractivity contribution in [2.75, 3.05) is 6.61 Å². The standard InChI is InChI=1S/C23H24N4O4/c1-16-9-6-7-12-18(16)31-22-24-20-19(27(22)15-17-10-4-3-5-11-17)21(29)26(13-8-14-28)23(30)25(20)2/h3-7,9-12,28H,8,13-15H2,1-2H3. The van der Waals surface area contributed by atoms with Gasteiger partial charge in [-0.3, -0.25) is 18.5 Å². The van der Waals surface area contributed by atoms with Gasteiger partial charge in [-0.2, -0.15) is 4.98 Å². The summed E-state index contributed by atoms with van der Waals surface area (Å²) in [5, 5.41) is 9.17. The van der Waals surface area contributed by atoms with Gasteiger partial charge in [0, 0.05) is 20.2 Å². The van der Waals surface area contributed by atoms with Crippen molar-refractivity contribution in [1.29, 1.82) is 0 Å². The lowest BCUT2D eigenvalue weighted by atomic mass is 10.2. The first-order valence-electron chi connectivity index (χ1n) is 10.1. The monoisotopic (exact) mass is 420 g/mol. The van der Waals surface area contributed by atoms with Crippen LogP contribution in [0.2, 0.25) is 0 Å². The fourth-order valence-electron chi connectivity index (χ4n) is 3.54. The number of rotatable bonds is 7. The zero-order valence-electron chi connectivity index (χ0n) is 17.5. The van der Waals surface area contributed by atoms with E-state index in [4.69, 9.17) is 4.74 Å². The molecule has 0 radical (unpaired) electrons. The van der Waals surface area contributed by atoms with Gasteiger partial charge in [0.25, 0.3) is 5.56 Å². The molecule has 0 atom stereocenters. The van der Waals surface area contributed by atoms with Crippen molar-refractivity contribution in [2.45, 2.75) is 26.4 Å². The molecule has 2 aromatic carbocycles. The minimum atomic E-state index is -0.474. The second kappa shape index (κ2) is 8.61. The van der Waals surface area contributed by atoms with E-state index in [2.05, 4.69) is 4.98 Å². The number of aromatic nitrogens is 4. The summed E-state index contributed by atoms with van der Waals surface area (Å²) >= 11 is 0. The Hall–Kier alpha value is -3.65. The highest BCUT2D eigenvalue weighted by Crippen LogP contribution is 2.27. The number of hydrogen-bond acceptors (Lipinski definition) is 5. The summed E-state index contributed by atoms with van der Waals surface area (Å²) in [7, 11) is 1.58. The first kappa shape index (κ1) is 20.6. The number of benzene rings is 2. The van der Waals surface area contributed by atoms with Crippen LogP contribution in [0.5, 0.6) is 11.8 Å². The van der Waals surface area contributed by atoms with Crippen molar-refractivity contribution >= 4 is 11.2 Å². The molecule has 31 heavy (non-hydrogen) atoms. The van der Waals surface area contributed by atoms with E-state index in [9.17, 15) is 14.7 Å². The maximum atomic E-state index is 13.3. The van der Waals surface area contributed by atoms with E-state index in [1.54, 1.807) is 11.6 Å². The molecule has 8 heteroatoms. The number of hydrogen-bond donors (Lipinski definition) is 1. The highest BCUT2D eigenvalue weighted by molar-refractivity contribution is 5.72. The highest BCUT2D eigenvalue weighted by Gasteiger charge is 2.22. The summed E-state index contributed by atoms with van der Waals surface area (Å²) in [6.07, 6.45) is 0.306. The molecule has 0 fully saturated rings. The van der Waals surface area contributed by atoms with Crippen molar-refractivity contribution in [2.24, 2.45) is 7.05 Å². The van der Waals surface area contributed by atoms with Crippen molar-refractivity contribution in [3.63, 3.8) is 0 Å². The maximum Gasteiger partial charge on any atom is 0.332 e. The highest BCUT2D eigenvalue weighted by atomic mass is 16.5. The third-order valence-electron chi connectivity index (χ3n) is 5.22. The Balaban J connectivity index is 1.95. The second-order valence-corrected chi connectivity index (χ2v) is 7.38. The normalized spacial score (nSPS) is 11.2. The molecule has 2 aromatic heterocycles. The predicted octanol–water partition coefficient (Wildman–Crippen LogP) is 2.43. The largest absolute Gasteiger partial charge is 0.425 e. The Morgan fingerprint density at radius 2 is 1.71 bits per heavy atom. The van der Waals surface area contributed by atoms with Crippen LogP contribution in [0, 0.1) is 6.92 Å². The molecular formula is C23H24N4O4. The van der Waals surface area contributed by atoms with E-state index in [0.717, 1.165) is 15.7 Å². The zero-order chi connectivity index (χ0) is 22.0. The quantitative estimate of drug-likeness (QED) is 0.496. The summed E-state index contributed by atoms with van der Waals surface area (Å²) in [6.45, 7) is 2.30. The van der Waals surface area contributed by atoms with Crippen LogP contribution in [0.1, 0.15) is 17.5 Å². The summed E-state index contributed by atoms with van der Waals surface area (Å²) in [5.41, 5.74) is 1.51. The third kappa shape index (κ3) is 3.89. The Labute approximate surface area is 178 Å². The van der Waals surface area contributed by atoms with Crippen molar-refractivity contribution in [1.82, 2.24) is 18.7 Å². The maximum absolute atomic E-state index is 13.3. The minimum Gasteiger partial charge on any atom is -0.425 e. The Morgan fingerprint density at radius 3 is 2.42 bits per heavy atom. The number of aryl methyl sites for hydroxylation is 2. The molecule has 0 aliphatic rings. The number of para-hydroxylation sites is 1. The molecule has 0 unspecified atom stereocenters. The van der Waals surface area contributed by atoms with Crippen LogP contribution >= 0.6 is 0 Å². The van der Waals surface area contributed by atoms with Crippen molar-refractivity contribution < 1.29 is 9.84 Å². The summed E-state index contributed by atoms with van der Waals surface area (Å²) < 4.78 is 10.3. The van der Waals surface area contributed by atoms with Gasteiger partial charge >= 0.3 is 11.7 Å². The van der Waals surface area contributed by atoms with E-state index in [1.807, 2.05) is 61.5 Å². The van der Waals surface area contributed by atoms with E-state index in [0.29, 0.717) is 18.7 Å². The molecule has 0 bridgehead atoms. The van der Waals surface area contributed by atoms with Crippen molar-refractivity contribution in [3.8, 4) is 11.8 Å². The predicted molar refractivity (Wildman–Crippen MR) is 118 cm³/mol. The number of ether oxygens (including phenoxy) is 1. The fourth-order valence-corrected chi connectivity index (χ4v) is 3.54. The SMILES string of the molecule is Cc1ccccc1Oc1nc2c(c(=O)n(CCCO)c(=O)n2C)n1Cc1ccccc1. The van der Waals surface area contributed by atoms with E-state index >= 15 is 0 Å². The number of nitrogens with zero attached hydrogens (tertiary/aromatic N) is 4. The van der Waals surface area contributed by atoms with E-state index in [-0.39, 0.29) is 30.3 Å². The number of imidazole rings is 1. The van der Waals surface area contributed by atoms with Crippen LogP contribution in [0.15, 0.2) is 64.2 Å². The van der Waals surface area contributed by atoms with Gasteiger partial charge in [-0.1, -0.05) is 48.5 Å². The first-order chi connectivity index (χ1) is 15.0. The molecule has 0 saturated heterocycles. The van der Waals surface area contributed by atoms with E-state index in [1.165, 1.54) is 4.57 Å². The summed E-state index contributed by atoms with van der Waals surface area (Å²) in [4.78, 5) is 30.6. The molecule has 0 saturated carbocycles. The smallest absolute Gasteiger partial charge is 0.332 e. The zero-order valence-corrected chi connectivity index (χ0v) is 17.5. The number of aliphatic hydroxyl groups excluding tert-OH is 1. The van der Waals surface area contributed by atoms with Gasteiger partial charge in [0.2, 0.25) is 0 Å². The number of fused-ring (bicyclic) bond motifs is 1. The molecule has 0 amide bonds. The first-order valence-corrected chi connectivity index (χ1v) is 10.1. The molecule has 4 aromatic rings. The Kier molecular flexibility index (Phi) is 5.73. The van der Waals surface area contributed by atoms with Gasteiger partial charge in [0.05, 0.1) is 6.54 Å². The number of aliphatic hydroxyl groups is 1. The lowest BCUT2D eigenvalue weighted by Crippen LogP contribution is -2.39. The fraction of sp³-hybridized carbons (Fsp3) is 0.261. The second-order valence-electron chi connectivity index (χ2n) is 7.38. The molecular weight excluding hydrogens is 396 g/mol. The molecule has 8 nitrogen and oxygen atoms in total. The molecule has 2 heterocycles. The van der Waals surface area contributed by atoms with Crippen LogP contribution in [0.3, 0.4) is 0 Å². The van der Waals surface area contributed by atoms with Crippen LogP contribution in [0.25, 0.3) is 11.2 Å². The lowest BCUT2D eigenvalue weighted by Gasteiger charge is -2.12. The van der Waals surface area contributed by atoms with Crippen molar-refractivity contribution in [3.05, 3.63) is 86.6 Å². The van der Waals surface area contributed by atoms with Gasteiger partial charge in [-0.05, 0) is 30.5 Å². The molecule has 1 N–H and O–H groups in total. The van der Waals surface area contributed by atoms with Crippen LogP contribution in [-0.4, -0.2) is 30.4 Å². The molecule has 4 rings (SSSR count). The topological polar surface area (TPSA) is 91.3 Å². The molecule has 0 aliphatic heterocycles. The average Bonchev–Trinajstić information content (AvgIpc) is 3.13. The van der Waals surface area contributed by atoms with Gasteiger partial charge in [0.1, 0.15) is 5.75 Å². The average molecular weight is 420 g/mol. The molecule has 0 spiro atoms. The Bertz CT molecular complexity index is 1340. The molecule has 0 aliphatic carbocycles. The lowest BCUT2D eigenvalue weighted by molar-refractivity contribution is 0.277. The van der Waals surface area contributed by atoms with E-state index < -0.39 is 11.2 Å². The Morgan fingerprint density at radius 1 is 1.00 bits per heavy atom. The minimum absolute atomic E-state index is 0.113. The van der Waals surface area contributed by atoms with Crippen LogP contribution in [0.4, 0.5) is 0 Å². The third-order valence-corrected chi connectivity index (χ3v) is 5.22. The van der Waals surface area contributed by atoms with Crippen LogP contribution < -0.4 is 16.0 Å².